The van der Waals surface area contributed by atoms with Crippen molar-refractivity contribution < 1.29 is 23.4 Å². The van der Waals surface area contributed by atoms with Gasteiger partial charge in [-0.25, -0.2) is 4.79 Å². The number of nitrogens with zero attached hydrogens (tertiary/aromatic N) is 1. The van der Waals surface area contributed by atoms with Crippen molar-refractivity contribution in [3.63, 3.8) is 0 Å². The van der Waals surface area contributed by atoms with Gasteiger partial charge in [0.15, 0.2) is 5.75 Å². The van der Waals surface area contributed by atoms with Crippen LogP contribution in [-0.4, -0.2) is 28.3 Å². The lowest BCUT2D eigenvalue weighted by Crippen LogP contribution is -2.32. The van der Waals surface area contributed by atoms with Gasteiger partial charge < -0.3 is 19.7 Å². The summed E-state index contributed by atoms with van der Waals surface area (Å²) in [5.41, 5.74) is 2.56. The van der Waals surface area contributed by atoms with Gasteiger partial charge in [-0.1, -0.05) is 12.1 Å². The van der Waals surface area contributed by atoms with Crippen molar-refractivity contribution in [1.82, 2.24) is 9.88 Å². The van der Waals surface area contributed by atoms with Crippen LogP contribution >= 0.6 is 0 Å². The second-order valence-electron chi connectivity index (χ2n) is 8.50. The number of carboxylic acid groups (broad SMARTS) is 1. The first kappa shape index (κ1) is 20.6. The Hall–Kier alpha value is -3.26. The highest BCUT2D eigenvalue weighted by molar-refractivity contribution is 5.97. The number of fused-ring (bicyclic) bond motifs is 2. The van der Waals surface area contributed by atoms with Gasteiger partial charge in [-0.15, -0.1) is 0 Å². The van der Waals surface area contributed by atoms with Crippen LogP contribution in [0.25, 0.3) is 22.0 Å². The lowest BCUT2D eigenvalue weighted by Gasteiger charge is -2.24. The normalized spacial score (nSPS) is 18.1. The summed E-state index contributed by atoms with van der Waals surface area (Å²) in [5, 5.41) is 12.9. The highest BCUT2D eigenvalue weighted by atomic mass is 19.3. The van der Waals surface area contributed by atoms with Gasteiger partial charge in [0.25, 0.3) is 0 Å². The van der Waals surface area contributed by atoms with Crippen LogP contribution in [0.2, 0.25) is 0 Å². The molecular formula is C24H22F2N2O4. The summed E-state index contributed by atoms with van der Waals surface area (Å²) in [4.78, 5) is 24.4. The second kappa shape index (κ2) is 7.70. The monoisotopic (exact) mass is 440 g/mol. The van der Waals surface area contributed by atoms with Gasteiger partial charge in [-0.3, -0.25) is 4.79 Å². The third-order valence-corrected chi connectivity index (χ3v) is 6.21. The maximum Gasteiger partial charge on any atom is 0.387 e. The first-order chi connectivity index (χ1) is 15.3. The van der Waals surface area contributed by atoms with E-state index in [1.807, 2.05) is 18.2 Å². The summed E-state index contributed by atoms with van der Waals surface area (Å²) in [6.45, 7) is -0.309. The predicted octanol–water partition coefficient (Wildman–Crippen LogP) is 4.34. The van der Waals surface area contributed by atoms with E-state index in [9.17, 15) is 23.5 Å². The minimum atomic E-state index is -3.10. The summed E-state index contributed by atoms with van der Waals surface area (Å²) in [7, 11) is 0. The van der Waals surface area contributed by atoms with Crippen molar-refractivity contribution in [3.05, 3.63) is 63.4 Å². The number of rotatable bonds is 5. The molecule has 2 aromatic carbocycles. The Bertz CT molecular complexity index is 1300. The molecule has 3 aromatic rings. The first-order valence-corrected chi connectivity index (χ1v) is 10.6. The Morgan fingerprint density at radius 1 is 1.22 bits per heavy atom. The van der Waals surface area contributed by atoms with Crippen molar-refractivity contribution in [1.29, 1.82) is 0 Å². The third-order valence-electron chi connectivity index (χ3n) is 6.21. The molecule has 1 saturated carbocycles. The zero-order valence-corrected chi connectivity index (χ0v) is 17.4. The van der Waals surface area contributed by atoms with Gasteiger partial charge in [0.05, 0.1) is 10.9 Å². The number of ether oxygens (including phenoxy) is 1. The van der Waals surface area contributed by atoms with Gasteiger partial charge in [0, 0.05) is 30.4 Å². The topological polar surface area (TPSA) is 80.6 Å². The largest absolute Gasteiger partial charge is 0.477 e. The van der Waals surface area contributed by atoms with E-state index in [1.165, 1.54) is 17.8 Å². The van der Waals surface area contributed by atoms with E-state index in [-0.39, 0.29) is 28.3 Å². The standard InChI is InChI=1S/C24H22F2N2O4/c1-12-8-13-2-3-14(9-15(13)10-27-12)17-6-7-18-20(22(17)32-24(25)26)28(16-4-5-16)11-19(21(18)29)23(30)31/h2-3,6-7,9,11-12,16,24,27H,4-5,8,10H2,1H3,(H,30,31). The molecule has 0 radical (unpaired) electrons. The van der Waals surface area contributed by atoms with E-state index in [0.717, 1.165) is 24.8 Å². The number of aromatic carboxylic acids is 1. The molecule has 6 nitrogen and oxygen atoms in total. The average Bonchev–Trinajstić information content (AvgIpc) is 3.58. The van der Waals surface area contributed by atoms with Crippen molar-refractivity contribution >= 4 is 16.9 Å². The van der Waals surface area contributed by atoms with Gasteiger partial charge in [0.2, 0.25) is 5.43 Å². The molecule has 0 bridgehead atoms. The Morgan fingerprint density at radius 3 is 2.69 bits per heavy atom. The number of pyridine rings is 1. The van der Waals surface area contributed by atoms with E-state index < -0.39 is 18.0 Å². The molecule has 1 aromatic heterocycles. The molecule has 2 aliphatic rings. The summed E-state index contributed by atoms with van der Waals surface area (Å²) in [6.07, 6.45) is 3.69. The Morgan fingerprint density at radius 2 is 2.00 bits per heavy atom. The number of carbonyl (C=O) groups is 1. The van der Waals surface area contributed by atoms with Crippen molar-refractivity contribution in [2.45, 2.75) is 51.4 Å². The van der Waals surface area contributed by atoms with Crippen LogP contribution in [0.5, 0.6) is 5.75 Å². The summed E-state index contributed by atoms with van der Waals surface area (Å²) >= 11 is 0. The fraction of sp³-hybridized carbons (Fsp3) is 0.333. The third kappa shape index (κ3) is 3.54. The highest BCUT2D eigenvalue weighted by Gasteiger charge is 2.30. The second-order valence-corrected chi connectivity index (χ2v) is 8.50. The number of aromatic nitrogens is 1. The van der Waals surface area contributed by atoms with E-state index in [2.05, 4.69) is 12.2 Å². The van der Waals surface area contributed by atoms with E-state index in [1.54, 1.807) is 10.6 Å². The summed E-state index contributed by atoms with van der Waals surface area (Å²) in [6, 6.07) is 9.21. The molecule has 1 atom stereocenters. The molecule has 0 spiro atoms. The van der Waals surface area contributed by atoms with Crippen LogP contribution in [0.3, 0.4) is 0 Å². The Kier molecular flexibility index (Phi) is 4.97. The zero-order valence-electron chi connectivity index (χ0n) is 17.4. The van der Waals surface area contributed by atoms with Crippen LogP contribution in [-0.2, 0) is 13.0 Å². The predicted molar refractivity (Wildman–Crippen MR) is 116 cm³/mol. The molecular weight excluding hydrogens is 418 g/mol. The molecule has 32 heavy (non-hydrogen) atoms. The van der Waals surface area contributed by atoms with Gasteiger partial charge >= 0.3 is 12.6 Å². The molecule has 0 saturated heterocycles. The van der Waals surface area contributed by atoms with E-state index >= 15 is 0 Å². The number of alkyl halides is 2. The fourth-order valence-corrected chi connectivity index (χ4v) is 4.49. The molecule has 2 heterocycles. The minimum Gasteiger partial charge on any atom is -0.477 e. The van der Waals surface area contributed by atoms with Crippen LogP contribution in [0, 0.1) is 0 Å². The molecule has 2 N–H and O–H groups in total. The number of benzene rings is 2. The lowest BCUT2D eigenvalue weighted by molar-refractivity contribution is -0.0486. The van der Waals surface area contributed by atoms with Crippen LogP contribution in [0.15, 0.2) is 41.3 Å². The number of halogens is 2. The molecule has 1 unspecified atom stereocenters. The summed E-state index contributed by atoms with van der Waals surface area (Å²) in [5.74, 6) is -1.45. The Labute approximate surface area is 182 Å². The molecule has 166 valence electrons. The number of hydrogen-bond donors (Lipinski definition) is 2. The molecule has 5 rings (SSSR count). The zero-order chi connectivity index (χ0) is 22.6. The maximum atomic E-state index is 13.5. The fourth-order valence-electron chi connectivity index (χ4n) is 4.49. The minimum absolute atomic E-state index is 0.0549. The van der Waals surface area contributed by atoms with Crippen molar-refractivity contribution in [3.8, 4) is 16.9 Å². The molecule has 1 fully saturated rings. The lowest BCUT2D eigenvalue weighted by atomic mass is 9.92. The van der Waals surface area contributed by atoms with Gasteiger partial charge in [0.1, 0.15) is 5.56 Å². The van der Waals surface area contributed by atoms with Gasteiger partial charge in [-0.2, -0.15) is 8.78 Å². The van der Waals surface area contributed by atoms with E-state index in [4.69, 9.17) is 4.74 Å². The molecule has 1 aliphatic heterocycles. The number of hydrogen-bond acceptors (Lipinski definition) is 4. The quantitative estimate of drug-likeness (QED) is 0.617. The van der Waals surface area contributed by atoms with Crippen LogP contribution < -0.4 is 15.5 Å². The van der Waals surface area contributed by atoms with Crippen LogP contribution in [0.1, 0.15) is 47.3 Å². The summed E-state index contributed by atoms with van der Waals surface area (Å²) < 4.78 is 33.6. The number of carboxylic acids is 1. The molecule has 8 heteroatoms. The molecule has 0 amide bonds. The SMILES string of the molecule is CC1Cc2ccc(-c3ccc4c(=O)c(C(=O)O)cn(C5CC5)c4c3OC(F)F)cc2CN1. The highest BCUT2D eigenvalue weighted by Crippen LogP contribution is 2.43. The smallest absolute Gasteiger partial charge is 0.387 e. The first-order valence-electron chi connectivity index (χ1n) is 10.6. The van der Waals surface area contributed by atoms with Gasteiger partial charge in [-0.05, 0) is 61.1 Å². The maximum absolute atomic E-state index is 13.5. The average molecular weight is 440 g/mol. The number of nitrogens with one attached hydrogen (secondary N) is 1. The van der Waals surface area contributed by atoms with Crippen molar-refractivity contribution in [2.24, 2.45) is 0 Å². The Balaban J connectivity index is 1.77. The van der Waals surface area contributed by atoms with Crippen LogP contribution in [0.4, 0.5) is 8.78 Å². The molecule has 1 aliphatic carbocycles. The van der Waals surface area contributed by atoms with Crippen molar-refractivity contribution in [2.75, 3.05) is 0 Å². The van der Waals surface area contributed by atoms with E-state index in [0.29, 0.717) is 23.7 Å².